The molecular weight excluding hydrogens is 236 g/mol. The van der Waals surface area contributed by atoms with Crippen molar-refractivity contribution in [2.24, 2.45) is 0 Å². The number of aliphatic hydroxyl groups is 1. The van der Waals surface area contributed by atoms with E-state index in [-0.39, 0.29) is 5.56 Å². The van der Waals surface area contributed by atoms with E-state index < -0.39 is 17.2 Å². The Morgan fingerprint density at radius 3 is 2.89 bits per heavy atom. The first-order chi connectivity index (χ1) is 8.57. The molecule has 1 heterocycles. The van der Waals surface area contributed by atoms with Crippen LogP contribution in [-0.2, 0) is 5.60 Å². The van der Waals surface area contributed by atoms with Crippen molar-refractivity contribution in [1.29, 1.82) is 0 Å². The van der Waals surface area contributed by atoms with Crippen LogP contribution in [0.2, 0.25) is 0 Å². The first kappa shape index (κ1) is 13.4. The standard InChI is InChI=1S/C14H19F2NO/c1-2-3-8-17-9-7-14(18,10-17)11-5-4-6-12(15)13(11)16/h4-6,18H,2-3,7-10H2,1H3. The van der Waals surface area contributed by atoms with Crippen molar-refractivity contribution in [3.05, 3.63) is 35.4 Å². The Bertz CT molecular complexity index is 424. The molecule has 100 valence electrons. The molecule has 0 saturated carbocycles. The van der Waals surface area contributed by atoms with E-state index in [4.69, 9.17) is 0 Å². The molecule has 2 nitrogen and oxygen atoms in total. The molecule has 0 radical (unpaired) electrons. The number of likely N-dealkylation sites (tertiary alicyclic amines) is 1. The number of halogens is 2. The van der Waals surface area contributed by atoms with E-state index in [0.29, 0.717) is 13.0 Å². The summed E-state index contributed by atoms with van der Waals surface area (Å²) in [5, 5.41) is 10.5. The second-order valence-electron chi connectivity index (χ2n) is 5.01. The minimum Gasteiger partial charge on any atom is -0.384 e. The van der Waals surface area contributed by atoms with E-state index in [1.54, 1.807) is 0 Å². The van der Waals surface area contributed by atoms with Gasteiger partial charge in [-0.2, -0.15) is 0 Å². The summed E-state index contributed by atoms with van der Waals surface area (Å²) in [6.07, 6.45) is 2.60. The van der Waals surface area contributed by atoms with Gasteiger partial charge in [0.2, 0.25) is 0 Å². The lowest BCUT2D eigenvalue weighted by Crippen LogP contribution is -2.32. The van der Waals surface area contributed by atoms with Crippen LogP contribution >= 0.6 is 0 Å². The van der Waals surface area contributed by atoms with E-state index >= 15 is 0 Å². The zero-order valence-electron chi connectivity index (χ0n) is 10.6. The Kier molecular flexibility index (Phi) is 3.97. The highest BCUT2D eigenvalue weighted by atomic mass is 19.2. The Balaban J connectivity index is 2.15. The predicted molar refractivity (Wildman–Crippen MR) is 66.2 cm³/mol. The number of hydrogen-bond acceptors (Lipinski definition) is 2. The molecule has 1 aromatic carbocycles. The number of nitrogens with zero attached hydrogens (tertiary/aromatic N) is 1. The fourth-order valence-corrected chi connectivity index (χ4v) is 2.53. The van der Waals surface area contributed by atoms with Crippen LogP contribution < -0.4 is 0 Å². The van der Waals surface area contributed by atoms with Crippen LogP contribution in [0.5, 0.6) is 0 Å². The molecule has 0 amide bonds. The van der Waals surface area contributed by atoms with Crippen LogP contribution in [0.3, 0.4) is 0 Å². The van der Waals surface area contributed by atoms with Gasteiger partial charge in [0.25, 0.3) is 0 Å². The minimum absolute atomic E-state index is 0.0847. The second-order valence-corrected chi connectivity index (χ2v) is 5.01. The summed E-state index contributed by atoms with van der Waals surface area (Å²) in [5.41, 5.74) is -1.17. The van der Waals surface area contributed by atoms with Crippen molar-refractivity contribution in [3.63, 3.8) is 0 Å². The van der Waals surface area contributed by atoms with Gasteiger partial charge >= 0.3 is 0 Å². The summed E-state index contributed by atoms with van der Waals surface area (Å²) < 4.78 is 26.9. The van der Waals surface area contributed by atoms with Crippen LogP contribution in [0.1, 0.15) is 31.7 Å². The van der Waals surface area contributed by atoms with Crippen LogP contribution in [0, 0.1) is 11.6 Å². The van der Waals surface area contributed by atoms with Gasteiger partial charge in [0.05, 0.1) is 0 Å². The molecule has 1 fully saturated rings. The van der Waals surface area contributed by atoms with Crippen LogP contribution in [0.25, 0.3) is 0 Å². The molecule has 1 aliphatic rings. The molecule has 1 aliphatic heterocycles. The van der Waals surface area contributed by atoms with E-state index in [1.807, 2.05) is 0 Å². The molecule has 1 aromatic rings. The Morgan fingerprint density at radius 1 is 1.39 bits per heavy atom. The molecule has 0 spiro atoms. The zero-order chi connectivity index (χ0) is 13.2. The van der Waals surface area contributed by atoms with Gasteiger partial charge in [0.15, 0.2) is 11.6 Å². The highest BCUT2D eigenvalue weighted by Crippen LogP contribution is 2.34. The monoisotopic (exact) mass is 255 g/mol. The van der Waals surface area contributed by atoms with Crippen molar-refractivity contribution in [1.82, 2.24) is 4.90 Å². The van der Waals surface area contributed by atoms with E-state index in [1.165, 1.54) is 12.1 Å². The summed E-state index contributed by atoms with van der Waals surface area (Å²) in [4.78, 5) is 2.11. The smallest absolute Gasteiger partial charge is 0.164 e. The highest BCUT2D eigenvalue weighted by Gasteiger charge is 2.39. The molecule has 18 heavy (non-hydrogen) atoms. The third-order valence-corrected chi connectivity index (χ3v) is 3.61. The SMILES string of the molecule is CCCCN1CCC(O)(c2cccc(F)c2F)C1. The largest absolute Gasteiger partial charge is 0.384 e. The normalized spacial score (nSPS) is 24.7. The first-order valence-corrected chi connectivity index (χ1v) is 6.46. The maximum Gasteiger partial charge on any atom is 0.164 e. The summed E-state index contributed by atoms with van der Waals surface area (Å²) in [7, 11) is 0. The average molecular weight is 255 g/mol. The van der Waals surface area contributed by atoms with Gasteiger partial charge in [-0.05, 0) is 25.5 Å². The van der Waals surface area contributed by atoms with Crippen LogP contribution in [-0.4, -0.2) is 29.6 Å². The molecule has 4 heteroatoms. The van der Waals surface area contributed by atoms with E-state index in [0.717, 1.165) is 32.0 Å². The summed E-state index contributed by atoms with van der Waals surface area (Å²) in [6, 6.07) is 3.99. The topological polar surface area (TPSA) is 23.5 Å². The molecule has 0 bridgehead atoms. The molecule has 2 rings (SSSR count). The lowest BCUT2D eigenvalue weighted by Gasteiger charge is -2.24. The van der Waals surface area contributed by atoms with Gasteiger partial charge in [0.1, 0.15) is 5.60 Å². The average Bonchev–Trinajstić information content (AvgIpc) is 2.73. The summed E-state index contributed by atoms with van der Waals surface area (Å²) >= 11 is 0. The fourth-order valence-electron chi connectivity index (χ4n) is 2.53. The maximum absolute atomic E-state index is 13.7. The number of β-amino-alcohol motifs (C(OH)–C–C–N with tert-alkyl or cyclic N) is 1. The highest BCUT2D eigenvalue weighted by molar-refractivity contribution is 5.27. The number of rotatable bonds is 4. The molecule has 1 saturated heterocycles. The van der Waals surface area contributed by atoms with Crippen molar-refractivity contribution in [2.45, 2.75) is 31.8 Å². The van der Waals surface area contributed by atoms with Crippen molar-refractivity contribution >= 4 is 0 Å². The Labute approximate surface area is 106 Å². The van der Waals surface area contributed by atoms with Crippen molar-refractivity contribution in [2.75, 3.05) is 19.6 Å². The maximum atomic E-state index is 13.7. The van der Waals surface area contributed by atoms with Crippen molar-refractivity contribution < 1.29 is 13.9 Å². The Morgan fingerprint density at radius 2 is 2.17 bits per heavy atom. The van der Waals surface area contributed by atoms with Gasteiger partial charge in [-0.3, -0.25) is 0 Å². The summed E-state index contributed by atoms with van der Waals surface area (Å²) in [6.45, 7) is 4.12. The Hall–Kier alpha value is -1.00. The quantitative estimate of drug-likeness (QED) is 0.894. The van der Waals surface area contributed by atoms with Gasteiger partial charge < -0.3 is 10.0 Å². The molecule has 0 aromatic heterocycles. The van der Waals surface area contributed by atoms with Crippen molar-refractivity contribution in [3.8, 4) is 0 Å². The summed E-state index contributed by atoms with van der Waals surface area (Å²) in [5.74, 6) is -1.81. The number of unbranched alkanes of at least 4 members (excludes halogenated alkanes) is 1. The van der Waals surface area contributed by atoms with Gasteiger partial charge in [-0.1, -0.05) is 25.5 Å². The molecule has 1 unspecified atom stereocenters. The minimum atomic E-state index is -1.25. The van der Waals surface area contributed by atoms with Gasteiger partial charge in [-0.25, -0.2) is 8.78 Å². The molecule has 1 N–H and O–H groups in total. The second kappa shape index (κ2) is 5.33. The first-order valence-electron chi connectivity index (χ1n) is 6.46. The van der Waals surface area contributed by atoms with Gasteiger partial charge in [0, 0.05) is 18.7 Å². The molecule has 1 atom stereocenters. The molecular formula is C14H19F2NO. The van der Waals surface area contributed by atoms with E-state index in [2.05, 4.69) is 11.8 Å². The number of benzene rings is 1. The predicted octanol–water partition coefficient (Wildman–Crippen LogP) is 2.66. The van der Waals surface area contributed by atoms with E-state index in [9.17, 15) is 13.9 Å². The fraction of sp³-hybridized carbons (Fsp3) is 0.571. The lowest BCUT2D eigenvalue weighted by molar-refractivity contribution is 0.0417. The van der Waals surface area contributed by atoms with Crippen LogP contribution in [0.15, 0.2) is 18.2 Å². The zero-order valence-corrected chi connectivity index (χ0v) is 10.6. The third-order valence-electron chi connectivity index (χ3n) is 3.61. The number of hydrogen-bond donors (Lipinski definition) is 1. The van der Waals surface area contributed by atoms with Gasteiger partial charge in [-0.15, -0.1) is 0 Å². The van der Waals surface area contributed by atoms with Crippen LogP contribution in [0.4, 0.5) is 8.78 Å². The third kappa shape index (κ3) is 2.54. The lowest BCUT2D eigenvalue weighted by atomic mass is 9.92. The molecule has 0 aliphatic carbocycles.